The van der Waals surface area contributed by atoms with Crippen molar-refractivity contribution in [1.82, 2.24) is 9.71 Å². The van der Waals surface area contributed by atoms with Gasteiger partial charge in [-0.15, -0.1) is 0 Å². The van der Waals surface area contributed by atoms with Gasteiger partial charge in [0, 0.05) is 29.7 Å². The van der Waals surface area contributed by atoms with E-state index in [2.05, 4.69) is 9.71 Å². The lowest BCUT2D eigenvalue weighted by Crippen LogP contribution is -2.44. The molecule has 1 aliphatic rings. The van der Waals surface area contributed by atoms with E-state index in [-0.39, 0.29) is 17.7 Å². The van der Waals surface area contributed by atoms with Gasteiger partial charge < -0.3 is 9.72 Å². The molecule has 1 fully saturated rings. The number of benzene rings is 1. The van der Waals surface area contributed by atoms with Crippen LogP contribution in [0.3, 0.4) is 0 Å². The number of hydrogen-bond acceptors (Lipinski definition) is 3. The van der Waals surface area contributed by atoms with E-state index >= 15 is 0 Å². The number of ether oxygens (including phenoxy) is 1. The van der Waals surface area contributed by atoms with E-state index in [0.29, 0.717) is 6.61 Å². The van der Waals surface area contributed by atoms with Crippen molar-refractivity contribution in [2.45, 2.75) is 38.6 Å². The third-order valence-corrected chi connectivity index (χ3v) is 6.03. The lowest BCUT2D eigenvalue weighted by atomic mass is 9.86. The van der Waals surface area contributed by atoms with Gasteiger partial charge in [0.1, 0.15) is 5.75 Å². The molecule has 23 heavy (non-hydrogen) atoms. The minimum atomic E-state index is -3.17. The second-order valence-electron chi connectivity index (χ2n) is 6.21. The summed E-state index contributed by atoms with van der Waals surface area (Å²) >= 11 is 0. The second-order valence-corrected chi connectivity index (χ2v) is 8.25. The molecule has 2 N–H and O–H groups in total. The molecule has 0 aliphatic heterocycles. The van der Waals surface area contributed by atoms with Crippen molar-refractivity contribution in [2.75, 3.05) is 12.4 Å². The molecular weight excluding hydrogens is 312 g/mol. The Morgan fingerprint density at radius 2 is 2.09 bits per heavy atom. The highest BCUT2D eigenvalue weighted by Gasteiger charge is 2.28. The van der Waals surface area contributed by atoms with Gasteiger partial charge in [0.25, 0.3) is 0 Å². The average Bonchev–Trinajstić information content (AvgIpc) is 3.01. The lowest BCUT2D eigenvalue weighted by Gasteiger charge is -2.31. The van der Waals surface area contributed by atoms with Crippen molar-refractivity contribution < 1.29 is 13.2 Å². The highest BCUT2D eigenvalue weighted by molar-refractivity contribution is 7.89. The first-order valence-electron chi connectivity index (χ1n) is 8.27. The van der Waals surface area contributed by atoms with Crippen LogP contribution in [0.15, 0.2) is 30.5 Å². The smallest absolute Gasteiger partial charge is 0.211 e. The maximum atomic E-state index is 11.8. The number of sulfonamides is 1. The maximum absolute atomic E-state index is 11.8. The Bertz CT molecular complexity index is 754. The standard InChI is InChI=1S/C17H24N2O3S/c1-2-23(20,21)19-16-6-4-3-5-14(16)12-22-15-8-7-13-9-10-18-17(13)11-15/h7-11,14,16,18-19H,2-6,12H2,1H3/t14-,16+/m1/s1. The first-order chi connectivity index (χ1) is 11.1. The van der Waals surface area contributed by atoms with E-state index < -0.39 is 10.0 Å². The van der Waals surface area contributed by atoms with Crippen LogP contribution in [0.2, 0.25) is 0 Å². The SMILES string of the molecule is CCS(=O)(=O)N[C@H]1CCCC[C@@H]1COc1ccc2cc[nH]c2c1. The summed E-state index contributed by atoms with van der Waals surface area (Å²) < 4.78 is 32.5. The lowest BCUT2D eigenvalue weighted by molar-refractivity contribution is 0.180. The molecule has 0 bridgehead atoms. The van der Waals surface area contributed by atoms with E-state index in [4.69, 9.17) is 4.74 Å². The second kappa shape index (κ2) is 6.93. The topological polar surface area (TPSA) is 71.2 Å². The third kappa shape index (κ3) is 4.06. The quantitative estimate of drug-likeness (QED) is 0.852. The van der Waals surface area contributed by atoms with Crippen LogP contribution in [0.1, 0.15) is 32.6 Å². The Hall–Kier alpha value is -1.53. The van der Waals surface area contributed by atoms with Gasteiger partial charge >= 0.3 is 0 Å². The Kier molecular flexibility index (Phi) is 4.92. The molecule has 6 heteroatoms. The molecule has 1 aliphatic carbocycles. The third-order valence-electron chi connectivity index (χ3n) is 4.61. The van der Waals surface area contributed by atoms with Gasteiger partial charge in [-0.25, -0.2) is 13.1 Å². The number of aromatic nitrogens is 1. The predicted octanol–water partition coefficient (Wildman–Crippen LogP) is 3.04. The molecule has 1 saturated carbocycles. The molecule has 5 nitrogen and oxygen atoms in total. The van der Waals surface area contributed by atoms with Gasteiger partial charge in [0.2, 0.25) is 10.0 Å². The fraction of sp³-hybridized carbons (Fsp3) is 0.529. The Morgan fingerprint density at radius 3 is 2.91 bits per heavy atom. The number of H-pyrrole nitrogens is 1. The number of rotatable bonds is 6. The molecule has 0 spiro atoms. The Morgan fingerprint density at radius 1 is 1.26 bits per heavy atom. The van der Waals surface area contributed by atoms with Crippen LogP contribution in [-0.2, 0) is 10.0 Å². The van der Waals surface area contributed by atoms with Crippen LogP contribution in [0.5, 0.6) is 5.75 Å². The van der Waals surface area contributed by atoms with Crippen LogP contribution in [0, 0.1) is 5.92 Å². The molecule has 3 rings (SSSR count). The highest BCUT2D eigenvalue weighted by atomic mass is 32.2. The number of aromatic amines is 1. The molecule has 2 atom stereocenters. The molecule has 1 aromatic heterocycles. The summed E-state index contributed by atoms with van der Waals surface area (Å²) in [5.41, 5.74) is 1.05. The van der Waals surface area contributed by atoms with Crippen LogP contribution in [0.25, 0.3) is 10.9 Å². The van der Waals surface area contributed by atoms with Crippen LogP contribution >= 0.6 is 0 Å². The van der Waals surface area contributed by atoms with Crippen LogP contribution < -0.4 is 9.46 Å². The van der Waals surface area contributed by atoms with E-state index in [9.17, 15) is 8.42 Å². The van der Waals surface area contributed by atoms with Gasteiger partial charge in [-0.1, -0.05) is 12.8 Å². The fourth-order valence-corrected chi connectivity index (χ4v) is 4.13. The monoisotopic (exact) mass is 336 g/mol. The van der Waals surface area contributed by atoms with E-state index in [1.165, 1.54) is 0 Å². The average molecular weight is 336 g/mol. The van der Waals surface area contributed by atoms with Crippen molar-refractivity contribution in [2.24, 2.45) is 5.92 Å². The van der Waals surface area contributed by atoms with Crippen molar-refractivity contribution >= 4 is 20.9 Å². The van der Waals surface area contributed by atoms with Crippen molar-refractivity contribution in [1.29, 1.82) is 0 Å². The highest BCUT2D eigenvalue weighted by Crippen LogP contribution is 2.27. The number of hydrogen-bond donors (Lipinski definition) is 2. The van der Waals surface area contributed by atoms with E-state index in [1.54, 1.807) is 6.92 Å². The summed E-state index contributed by atoms with van der Waals surface area (Å²) in [5, 5.41) is 1.16. The zero-order valence-corrected chi connectivity index (χ0v) is 14.2. The Balaban J connectivity index is 1.64. The first kappa shape index (κ1) is 16.3. The zero-order valence-electron chi connectivity index (χ0n) is 13.4. The summed E-state index contributed by atoms with van der Waals surface area (Å²) in [6, 6.07) is 7.99. The summed E-state index contributed by atoms with van der Waals surface area (Å²) in [6.07, 6.45) is 6.01. The minimum Gasteiger partial charge on any atom is -0.493 e. The van der Waals surface area contributed by atoms with Crippen LogP contribution in [0.4, 0.5) is 0 Å². The molecule has 0 saturated heterocycles. The summed E-state index contributed by atoms with van der Waals surface area (Å²) in [7, 11) is -3.17. The zero-order chi connectivity index (χ0) is 16.3. The first-order valence-corrected chi connectivity index (χ1v) is 9.92. The van der Waals surface area contributed by atoms with Gasteiger partial charge in [-0.05, 0) is 43.4 Å². The largest absolute Gasteiger partial charge is 0.493 e. The molecular formula is C17H24N2O3S. The molecule has 126 valence electrons. The van der Waals surface area contributed by atoms with E-state index in [1.807, 2.05) is 30.5 Å². The van der Waals surface area contributed by atoms with Crippen molar-refractivity contribution in [3.8, 4) is 5.75 Å². The van der Waals surface area contributed by atoms with Crippen LogP contribution in [-0.4, -0.2) is 31.8 Å². The van der Waals surface area contributed by atoms with Gasteiger partial charge in [0.05, 0.1) is 12.4 Å². The molecule has 2 aromatic rings. The van der Waals surface area contributed by atoms with Gasteiger partial charge in [-0.2, -0.15) is 0 Å². The summed E-state index contributed by atoms with van der Waals surface area (Å²) in [4.78, 5) is 3.17. The van der Waals surface area contributed by atoms with Gasteiger partial charge in [0.15, 0.2) is 0 Å². The summed E-state index contributed by atoms with van der Waals surface area (Å²) in [6.45, 7) is 2.21. The fourth-order valence-electron chi connectivity index (χ4n) is 3.20. The number of nitrogens with one attached hydrogen (secondary N) is 2. The maximum Gasteiger partial charge on any atom is 0.211 e. The molecule has 1 aromatic carbocycles. The molecule has 0 amide bonds. The van der Waals surface area contributed by atoms with Crippen molar-refractivity contribution in [3.05, 3.63) is 30.5 Å². The normalized spacial score (nSPS) is 22.3. The van der Waals surface area contributed by atoms with Crippen molar-refractivity contribution in [3.63, 3.8) is 0 Å². The summed E-state index contributed by atoms with van der Waals surface area (Å²) in [5.74, 6) is 1.17. The molecule has 0 unspecified atom stereocenters. The molecule has 0 radical (unpaired) electrons. The van der Waals surface area contributed by atoms with E-state index in [0.717, 1.165) is 42.3 Å². The molecule has 1 heterocycles. The number of fused-ring (bicyclic) bond motifs is 1. The predicted molar refractivity (Wildman–Crippen MR) is 92.1 cm³/mol. The Labute approximate surface area is 137 Å². The van der Waals surface area contributed by atoms with Gasteiger partial charge in [-0.3, -0.25) is 0 Å². The minimum absolute atomic E-state index is 0.0112.